The van der Waals surface area contributed by atoms with E-state index in [1.54, 1.807) is 6.92 Å². The molecule has 0 saturated carbocycles. The van der Waals surface area contributed by atoms with E-state index in [-0.39, 0.29) is 11.1 Å². The van der Waals surface area contributed by atoms with E-state index in [1.807, 2.05) is 4.57 Å². The Morgan fingerprint density at radius 1 is 1.50 bits per heavy atom. The van der Waals surface area contributed by atoms with Crippen LogP contribution in [0.5, 0.6) is 0 Å². The lowest BCUT2D eigenvalue weighted by atomic mass is 10.1. The molecule has 0 radical (unpaired) electrons. The number of rotatable bonds is 2. The SMILES string of the molecule is Cc1nc(S(=O)(=O)Cl)cn1C1CCOCC1. The molecule has 0 bridgehead atoms. The molecule has 0 N–H and O–H groups in total. The Bertz CT molecular complexity index is 477. The van der Waals surface area contributed by atoms with Crippen molar-refractivity contribution in [3.63, 3.8) is 0 Å². The van der Waals surface area contributed by atoms with E-state index in [9.17, 15) is 8.42 Å². The standard InChI is InChI=1S/C9H13ClN2O3S/c1-7-11-9(16(10,13)14)6-12(7)8-2-4-15-5-3-8/h6,8H,2-5H2,1H3. The van der Waals surface area contributed by atoms with Crippen LogP contribution in [0.15, 0.2) is 11.2 Å². The van der Waals surface area contributed by atoms with Crippen LogP contribution in [-0.4, -0.2) is 31.2 Å². The summed E-state index contributed by atoms with van der Waals surface area (Å²) in [7, 11) is 1.52. The third-order valence-corrected chi connectivity index (χ3v) is 3.90. The summed E-state index contributed by atoms with van der Waals surface area (Å²) in [6.07, 6.45) is 3.26. The lowest BCUT2D eigenvalue weighted by molar-refractivity contribution is 0.0690. The van der Waals surface area contributed by atoms with Gasteiger partial charge in [0.15, 0.2) is 5.03 Å². The quantitative estimate of drug-likeness (QED) is 0.759. The summed E-state index contributed by atoms with van der Waals surface area (Å²) in [5.41, 5.74) is 0. The summed E-state index contributed by atoms with van der Waals surface area (Å²) in [6, 6.07) is 0.258. The zero-order valence-corrected chi connectivity index (χ0v) is 10.5. The van der Waals surface area contributed by atoms with Crippen LogP contribution in [0.3, 0.4) is 0 Å². The molecule has 2 rings (SSSR count). The highest BCUT2D eigenvalue weighted by Crippen LogP contribution is 2.24. The largest absolute Gasteiger partial charge is 0.381 e. The maximum Gasteiger partial charge on any atom is 0.280 e. The van der Waals surface area contributed by atoms with Gasteiger partial charge in [0, 0.05) is 36.1 Å². The van der Waals surface area contributed by atoms with Gasteiger partial charge >= 0.3 is 0 Å². The van der Waals surface area contributed by atoms with Gasteiger partial charge in [-0.05, 0) is 19.8 Å². The van der Waals surface area contributed by atoms with Crippen molar-refractivity contribution >= 4 is 19.7 Å². The number of halogens is 1. The molecule has 5 nitrogen and oxygen atoms in total. The van der Waals surface area contributed by atoms with Gasteiger partial charge in [-0.1, -0.05) is 0 Å². The maximum absolute atomic E-state index is 11.1. The third-order valence-electron chi connectivity index (χ3n) is 2.73. The van der Waals surface area contributed by atoms with E-state index in [0.717, 1.165) is 12.8 Å². The number of ether oxygens (including phenoxy) is 1. The van der Waals surface area contributed by atoms with E-state index in [2.05, 4.69) is 4.98 Å². The zero-order valence-electron chi connectivity index (χ0n) is 8.89. The smallest absolute Gasteiger partial charge is 0.280 e. The highest BCUT2D eigenvalue weighted by molar-refractivity contribution is 8.13. The normalized spacial score (nSPS) is 18.9. The van der Waals surface area contributed by atoms with Crippen LogP contribution in [-0.2, 0) is 13.8 Å². The van der Waals surface area contributed by atoms with Gasteiger partial charge in [0.25, 0.3) is 9.05 Å². The van der Waals surface area contributed by atoms with Crippen molar-refractivity contribution in [1.29, 1.82) is 0 Å². The zero-order chi connectivity index (χ0) is 11.8. The van der Waals surface area contributed by atoms with Gasteiger partial charge in [0.2, 0.25) is 0 Å². The molecule has 1 saturated heterocycles. The van der Waals surface area contributed by atoms with Crippen LogP contribution < -0.4 is 0 Å². The van der Waals surface area contributed by atoms with Gasteiger partial charge in [0.05, 0.1) is 0 Å². The first-order valence-electron chi connectivity index (χ1n) is 5.06. The van der Waals surface area contributed by atoms with E-state index in [0.29, 0.717) is 19.0 Å². The average Bonchev–Trinajstić information content (AvgIpc) is 2.61. The predicted octanol–water partition coefficient (Wildman–Crippen LogP) is 1.47. The predicted molar refractivity (Wildman–Crippen MR) is 59.1 cm³/mol. The first-order chi connectivity index (χ1) is 7.48. The number of aryl methyl sites for hydroxylation is 1. The third kappa shape index (κ3) is 2.39. The summed E-state index contributed by atoms with van der Waals surface area (Å²) in [5.74, 6) is 0.672. The molecule has 0 unspecified atom stereocenters. The molecule has 1 aromatic heterocycles. The molecule has 16 heavy (non-hydrogen) atoms. The Balaban J connectivity index is 2.31. The molecule has 90 valence electrons. The maximum atomic E-state index is 11.1. The fourth-order valence-corrected chi connectivity index (χ4v) is 2.61. The van der Waals surface area contributed by atoms with Crippen LogP contribution in [0.25, 0.3) is 0 Å². The Morgan fingerprint density at radius 3 is 2.62 bits per heavy atom. The Morgan fingerprint density at radius 2 is 2.12 bits per heavy atom. The van der Waals surface area contributed by atoms with E-state index < -0.39 is 9.05 Å². The minimum atomic E-state index is -3.73. The Labute approximate surface area is 98.8 Å². The number of aromatic nitrogens is 2. The van der Waals surface area contributed by atoms with Gasteiger partial charge in [-0.15, -0.1) is 0 Å². The van der Waals surface area contributed by atoms with Crippen molar-refractivity contribution < 1.29 is 13.2 Å². The average molecular weight is 265 g/mol. The van der Waals surface area contributed by atoms with Crippen LogP contribution in [0.1, 0.15) is 24.7 Å². The van der Waals surface area contributed by atoms with Gasteiger partial charge < -0.3 is 9.30 Å². The second-order valence-corrected chi connectivity index (χ2v) is 6.33. The molecule has 1 aliphatic rings. The van der Waals surface area contributed by atoms with E-state index in [4.69, 9.17) is 15.4 Å². The molecule has 0 aliphatic carbocycles. The fourth-order valence-electron chi connectivity index (χ4n) is 1.91. The second kappa shape index (κ2) is 4.35. The van der Waals surface area contributed by atoms with Crippen molar-refractivity contribution in [2.75, 3.05) is 13.2 Å². The molecule has 1 aromatic rings. The minimum Gasteiger partial charge on any atom is -0.381 e. The molecule has 1 aliphatic heterocycles. The summed E-state index contributed by atoms with van der Waals surface area (Å²) >= 11 is 0. The molecule has 2 heterocycles. The molecule has 7 heteroatoms. The number of hydrogen-bond acceptors (Lipinski definition) is 4. The molecular formula is C9H13ClN2O3S. The number of nitrogens with zero attached hydrogens (tertiary/aromatic N) is 2. The van der Waals surface area contributed by atoms with Crippen LogP contribution in [0.4, 0.5) is 0 Å². The molecule has 0 spiro atoms. The van der Waals surface area contributed by atoms with E-state index in [1.165, 1.54) is 6.20 Å². The molecule has 0 atom stereocenters. The van der Waals surface area contributed by atoms with Gasteiger partial charge in [0.1, 0.15) is 5.82 Å². The second-order valence-electron chi connectivity index (χ2n) is 3.82. The first kappa shape index (κ1) is 11.9. The summed E-state index contributed by atoms with van der Waals surface area (Å²) in [6.45, 7) is 3.18. The number of imidazole rings is 1. The summed E-state index contributed by atoms with van der Waals surface area (Å²) in [4.78, 5) is 3.96. The van der Waals surface area contributed by atoms with E-state index >= 15 is 0 Å². The van der Waals surface area contributed by atoms with Crippen molar-refractivity contribution in [2.24, 2.45) is 0 Å². The fraction of sp³-hybridized carbons (Fsp3) is 0.667. The molecule has 0 amide bonds. The Kier molecular flexibility index (Phi) is 3.23. The highest BCUT2D eigenvalue weighted by atomic mass is 35.7. The van der Waals surface area contributed by atoms with Crippen LogP contribution in [0.2, 0.25) is 0 Å². The van der Waals surface area contributed by atoms with Gasteiger partial charge in [-0.2, -0.15) is 0 Å². The van der Waals surface area contributed by atoms with Crippen LogP contribution >= 0.6 is 10.7 Å². The molecule has 0 aromatic carbocycles. The van der Waals surface area contributed by atoms with Crippen molar-refractivity contribution in [3.05, 3.63) is 12.0 Å². The highest BCUT2D eigenvalue weighted by Gasteiger charge is 2.22. The van der Waals surface area contributed by atoms with Crippen molar-refractivity contribution in [2.45, 2.75) is 30.8 Å². The summed E-state index contributed by atoms with van der Waals surface area (Å²) in [5, 5.41) is -0.0711. The van der Waals surface area contributed by atoms with Crippen LogP contribution in [0, 0.1) is 6.92 Å². The van der Waals surface area contributed by atoms with Gasteiger partial charge in [-0.25, -0.2) is 13.4 Å². The molecular weight excluding hydrogens is 252 g/mol. The lowest BCUT2D eigenvalue weighted by Crippen LogP contribution is -2.19. The summed E-state index contributed by atoms with van der Waals surface area (Å²) < 4.78 is 29.4. The minimum absolute atomic E-state index is 0.0711. The monoisotopic (exact) mass is 264 g/mol. The molecule has 1 fully saturated rings. The first-order valence-corrected chi connectivity index (χ1v) is 7.37. The van der Waals surface area contributed by atoms with Crippen molar-refractivity contribution in [1.82, 2.24) is 9.55 Å². The Hall–Kier alpha value is -0.590. The van der Waals surface area contributed by atoms with Crippen molar-refractivity contribution in [3.8, 4) is 0 Å². The lowest BCUT2D eigenvalue weighted by Gasteiger charge is -2.24. The number of hydrogen-bond donors (Lipinski definition) is 0. The van der Waals surface area contributed by atoms with Gasteiger partial charge in [-0.3, -0.25) is 0 Å². The topological polar surface area (TPSA) is 61.2 Å².